The summed E-state index contributed by atoms with van der Waals surface area (Å²) in [4.78, 5) is 9.26. The van der Waals surface area contributed by atoms with E-state index in [0.717, 1.165) is 16.6 Å². The zero-order valence-electron chi connectivity index (χ0n) is 10.6. The third-order valence-electron chi connectivity index (χ3n) is 2.66. The first-order valence-electron chi connectivity index (χ1n) is 5.98. The molecule has 0 aliphatic rings. The fraction of sp³-hybridized carbons (Fsp3) is 0.500. The van der Waals surface area contributed by atoms with Gasteiger partial charge in [0, 0.05) is 0 Å². The minimum Gasteiger partial charge on any atom is -0.394 e. The Morgan fingerprint density at radius 3 is 2.89 bits per heavy atom. The van der Waals surface area contributed by atoms with Crippen molar-refractivity contribution in [3.63, 3.8) is 0 Å². The van der Waals surface area contributed by atoms with E-state index >= 15 is 0 Å². The van der Waals surface area contributed by atoms with Crippen molar-refractivity contribution in [2.75, 3.05) is 17.7 Å². The quantitative estimate of drug-likeness (QED) is 0.771. The predicted molar refractivity (Wildman–Crippen MR) is 75.8 cm³/mol. The van der Waals surface area contributed by atoms with Crippen LogP contribution in [0.4, 0.5) is 11.8 Å². The highest BCUT2D eigenvalue weighted by atomic mass is 32.1. The lowest BCUT2D eigenvalue weighted by molar-refractivity contribution is 0.259. The first-order valence-corrected chi connectivity index (χ1v) is 6.86. The summed E-state index contributed by atoms with van der Waals surface area (Å²) in [6.45, 7) is 4.32. The Morgan fingerprint density at radius 2 is 2.22 bits per heavy atom. The summed E-state index contributed by atoms with van der Waals surface area (Å²) in [6, 6.07) is 1.95. The lowest BCUT2D eigenvalue weighted by Gasteiger charge is -2.19. The zero-order chi connectivity index (χ0) is 13.1. The molecule has 0 amide bonds. The van der Waals surface area contributed by atoms with Gasteiger partial charge < -0.3 is 16.2 Å². The largest absolute Gasteiger partial charge is 0.394 e. The van der Waals surface area contributed by atoms with Crippen molar-refractivity contribution in [1.82, 2.24) is 9.97 Å². The van der Waals surface area contributed by atoms with Crippen LogP contribution in [0.1, 0.15) is 20.3 Å². The van der Waals surface area contributed by atoms with Crippen LogP contribution in [0.3, 0.4) is 0 Å². The number of anilines is 2. The third-order valence-corrected chi connectivity index (χ3v) is 3.47. The number of aromatic nitrogens is 2. The molecule has 5 nitrogen and oxygen atoms in total. The second kappa shape index (κ2) is 5.49. The molecule has 4 N–H and O–H groups in total. The number of thiophene rings is 1. The van der Waals surface area contributed by atoms with Gasteiger partial charge in [-0.05, 0) is 23.8 Å². The van der Waals surface area contributed by atoms with Crippen molar-refractivity contribution in [2.45, 2.75) is 26.3 Å². The van der Waals surface area contributed by atoms with Crippen LogP contribution in [0.15, 0.2) is 11.4 Å². The molecule has 2 aromatic heterocycles. The number of nitrogens with one attached hydrogen (secondary N) is 1. The SMILES string of the molecule is CC(C)C[C@@H](CO)Nc1nc(N)nc2sccc12. The van der Waals surface area contributed by atoms with Gasteiger partial charge in [0.05, 0.1) is 18.0 Å². The Hall–Kier alpha value is -1.40. The van der Waals surface area contributed by atoms with E-state index in [2.05, 4.69) is 29.1 Å². The molecule has 0 saturated heterocycles. The molecule has 0 aliphatic heterocycles. The van der Waals surface area contributed by atoms with Crippen molar-refractivity contribution < 1.29 is 5.11 Å². The Kier molecular flexibility index (Phi) is 3.98. The summed E-state index contributed by atoms with van der Waals surface area (Å²) < 4.78 is 0. The van der Waals surface area contributed by atoms with Gasteiger partial charge >= 0.3 is 0 Å². The second-order valence-corrected chi connectivity index (χ2v) is 5.62. The van der Waals surface area contributed by atoms with Crippen molar-refractivity contribution in [1.29, 1.82) is 0 Å². The van der Waals surface area contributed by atoms with Gasteiger partial charge in [-0.2, -0.15) is 4.98 Å². The average molecular weight is 266 g/mol. The minimum atomic E-state index is -0.0117. The molecule has 0 saturated carbocycles. The van der Waals surface area contributed by atoms with Crippen LogP contribution >= 0.6 is 11.3 Å². The molecule has 18 heavy (non-hydrogen) atoms. The smallest absolute Gasteiger partial charge is 0.223 e. The fourth-order valence-corrected chi connectivity index (χ4v) is 2.69. The average Bonchev–Trinajstić information content (AvgIpc) is 2.75. The first kappa shape index (κ1) is 13.0. The van der Waals surface area contributed by atoms with Gasteiger partial charge in [0.15, 0.2) is 0 Å². The number of nitrogens with two attached hydrogens (primary N) is 1. The standard InChI is InChI=1S/C12H18N4OS/c1-7(2)5-8(6-17)14-10-9-3-4-18-11(9)16-12(13)15-10/h3-4,7-8,17H,5-6H2,1-2H3,(H3,13,14,15,16)/t8-/m0/s1. The molecule has 2 aromatic rings. The summed E-state index contributed by atoms with van der Waals surface area (Å²) in [7, 11) is 0. The number of hydrogen-bond donors (Lipinski definition) is 3. The molecule has 0 radical (unpaired) electrons. The Balaban J connectivity index is 2.26. The lowest BCUT2D eigenvalue weighted by atomic mass is 10.0. The Labute approximate surface area is 110 Å². The van der Waals surface area contributed by atoms with E-state index in [-0.39, 0.29) is 18.6 Å². The highest BCUT2D eigenvalue weighted by Gasteiger charge is 2.13. The maximum absolute atomic E-state index is 9.39. The van der Waals surface area contributed by atoms with Gasteiger partial charge in [-0.3, -0.25) is 0 Å². The van der Waals surface area contributed by atoms with Gasteiger partial charge in [0.1, 0.15) is 10.6 Å². The highest BCUT2D eigenvalue weighted by molar-refractivity contribution is 7.16. The zero-order valence-corrected chi connectivity index (χ0v) is 11.4. The number of hydrogen-bond acceptors (Lipinski definition) is 6. The first-order chi connectivity index (χ1) is 8.60. The molecule has 0 unspecified atom stereocenters. The van der Waals surface area contributed by atoms with Crippen molar-refractivity contribution >= 4 is 33.3 Å². The summed E-state index contributed by atoms with van der Waals surface area (Å²) in [6.07, 6.45) is 0.881. The molecule has 0 fully saturated rings. The minimum absolute atomic E-state index is 0.0117. The molecule has 0 aliphatic carbocycles. The maximum Gasteiger partial charge on any atom is 0.223 e. The van der Waals surface area contributed by atoms with Gasteiger partial charge in [0.25, 0.3) is 0 Å². The molecule has 2 rings (SSSR count). The van der Waals surface area contributed by atoms with Crippen LogP contribution in [0.2, 0.25) is 0 Å². The van der Waals surface area contributed by atoms with E-state index in [0.29, 0.717) is 11.7 Å². The van der Waals surface area contributed by atoms with Crippen molar-refractivity contribution in [3.05, 3.63) is 11.4 Å². The number of nitrogen functional groups attached to an aromatic ring is 1. The molecule has 0 spiro atoms. The van der Waals surface area contributed by atoms with Gasteiger partial charge in [-0.25, -0.2) is 4.98 Å². The topological polar surface area (TPSA) is 84.1 Å². The molecule has 6 heteroatoms. The van der Waals surface area contributed by atoms with E-state index in [9.17, 15) is 5.11 Å². The van der Waals surface area contributed by atoms with E-state index < -0.39 is 0 Å². The summed E-state index contributed by atoms with van der Waals surface area (Å²) >= 11 is 1.53. The van der Waals surface area contributed by atoms with Crippen LogP contribution in [0, 0.1) is 5.92 Å². The normalized spacial score (nSPS) is 13.1. The van der Waals surface area contributed by atoms with Crippen LogP contribution in [0.25, 0.3) is 10.2 Å². The summed E-state index contributed by atoms with van der Waals surface area (Å²) in [5, 5.41) is 15.6. The number of fused-ring (bicyclic) bond motifs is 1. The lowest BCUT2D eigenvalue weighted by Crippen LogP contribution is -2.26. The molecule has 2 heterocycles. The van der Waals surface area contributed by atoms with Gasteiger partial charge in [-0.1, -0.05) is 13.8 Å². The number of aliphatic hydroxyl groups is 1. The van der Waals surface area contributed by atoms with Crippen molar-refractivity contribution in [2.24, 2.45) is 5.92 Å². The van der Waals surface area contributed by atoms with Gasteiger partial charge in [0.2, 0.25) is 5.95 Å². The third kappa shape index (κ3) is 2.88. The predicted octanol–water partition coefficient (Wildman–Crippen LogP) is 2.09. The van der Waals surface area contributed by atoms with Gasteiger partial charge in [-0.15, -0.1) is 11.3 Å². The Morgan fingerprint density at radius 1 is 1.44 bits per heavy atom. The van der Waals surface area contributed by atoms with Crippen molar-refractivity contribution in [3.8, 4) is 0 Å². The maximum atomic E-state index is 9.39. The molecule has 0 aromatic carbocycles. The van der Waals surface area contributed by atoms with Crippen LogP contribution in [-0.2, 0) is 0 Å². The second-order valence-electron chi connectivity index (χ2n) is 4.72. The highest BCUT2D eigenvalue weighted by Crippen LogP contribution is 2.26. The fourth-order valence-electron chi connectivity index (χ4n) is 1.92. The van der Waals surface area contributed by atoms with Crippen LogP contribution in [-0.4, -0.2) is 27.7 Å². The van der Waals surface area contributed by atoms with E-state index in [1.165, 1.54) is 11.3 Å². The molecule has 1 atom stereocenters. The molecular formula is C12H18N4OS. The van der Waals surface area contributed by atoms with E-state index in [4.69, 9.17) is 5.73 Å². The monoisotopic (exact) mass is 266 g/mol. The number of aliphatic hydroxyl groups excluding tert-OH is 1. The summed E-state index contributed by atoms with van der Waals surface area (Å²) in [5.41, 5.74) is 5.68. The van der Waals surface area contributed by atoms with E-state index in [1.54, 1.807) is 0 Å². The molecule has 98 valence electrons. The molecule has 0 bridgehead atoms. The Bertz CT molecular complexity index is 526. The number of nitrogens with zero attached hydrogens (tertiary/aromatic N) is 2. The van der Waals surface area contributed by atoms with Crippen LogP contribution < -0.4 is 11.1 Å². The van der Waals surface area contributed by atoms with E-state index in [1.807, 2.05) is 11.4 Å². The molecular weight excluding hydrogens is 248 g/mol. The number of rotatable bonds is 5. The van der Waals surface area contributed by atoms with Crippen LogP contribution in [0.5, 0.6) is 0 Å². The summed E-state index contributed by atoms with van der Waals surface area (Å²) in [5.74, 6) is 1.47.